The number of anilines is 4. The number of para-hydroxylation sites is 1. The first-order chi connectivity index (χ1) is 17.7. The van der Waals surface area contributed by atoms with Gasteiger partial charge in [-0.1, -0.05) is 6.07 Å². The van der Waals surface area contributed by atoms with Crippen LogP contribution in [0.25, 0.3) is 10.6 Å². The molecular weight excluding hydrogens is 499 g/mol. The van der Waals surface area contributed by atoms with Crippen LogP contribution in [0.4, 0.5) is 23.0 Å². The van der Waals surface area contributed by atoms with Crippen LogP contribution in [0.2, 0.25) is 0 Å². The highest BCUT2D eigenvalue weighted by atomic mass is 32.1. The quantitative estimate of drug-likeness (QED) is 0.137. The van der Waals surface area contributed by atoms with Crippen molar-refractivity contribution in [1.29, 1.82) is 0 Å². The molecule has 0 aliphatic carbocycles. The Bertz CT molecular complexity index is 1410. The monoisotopic (exact) mass is 520 g/mol. The van der Waals surface area contributed by atoms with Crippen molar-refractivity contribution in [3.05, 3.63) is 58.9 Å². The van der Waals surface area contributed by atoms with Gasteiger partial charge in [0.1, 0.15) is 5.01 Å². The van der Waals surface area contributed by atoms with E-state index in [1.807, 2.05) is 5.32 Å². The lowest BCUT2D eigenvalue weighted by Crippen LogP contribution is -2.49. The number of hydrogen-bond donors (Lipinski definition) is 6. The van der Waals surface area contributed by atoms with Crippen molar-refractivity contribution in [3.8, 4) is 16.3 Å². The molecular formula is C22H21BN8O5S. The van der Waals surface area contributed by atoms with E-state index in [9.17, 15) is 20.1 Å². The van der Waals surface area contributed by atoms with Crippen molar-refractivity contribution in [2.75, 3.05) is 17.7 Å². The number of rotatable bonds is 9. The van der Waals surface area contributed by atoms with E-state index in [-0.39, 0.29) is 23.8 Å². The Balaban J connectivity index is 1.74. The van der Waals surface area contributed by atoms with Gasteiger partial charge in [0.15, 0.2) is 36.7 Å². The maximum Gasteiger partial charge on any atom is 0.277 e. The van der Waals surface area contributed by atoms with E-state index < -0.39 is 11.7 Å². The lowest BCUT2D eigenvalue weighted by atomic mass is 10.0. The third-order valence-electron chi connectivity index (χ3n) is 4.79. The third-order valence-corrected chi connectivity index (χ3v) is 5.80. The summed E-state index contributed by atoms with van der Waals surface area (Å²) in [4.78, 5) is 17.7. The molecule has 4 rings (SSSR count). The van der Waals surface area contributed by atoms with Crippen LogP contribution in [0.5, 0.6) is 5.75 Å². The number of benzene rings is 1. The van der Waals surface area contributed by atoms with Gasteiger partial charge in [0.25, 0.3) is 5.91 Å². The van der Waals surface area contributed by atoms with Crippen molar-refractivity contribution in [2.24, 2.45) is 0 Å². The second kappa shape index (κ2) is 10.8. The van der Waals surface area contributed by atoms with Crippen LogP contribution < -0.4 is 20.7 Å². The smallest absolute Gasteiger partial charge is 0.277 e. The summed E-state index contributed by atoms with van der Waals surface area (Å²) in [7, 11) is 6.58. The van der Waals surface area contributed by atoms with Gasteiger partial charge in [-0.15, -0.1) is 26.6 Å². The summed E-state index contributed by atoms with van der Waals surface area (Å²) in [6.07, 6.45) is 1.57. The minimum Gasteiger partial charge on any atom is -0.494 e. The van der Waals surface area contributed by atoms with Gasteiger partial charge in [0.2, 0.25) is 0 Å². The number of nitrogens with one attached hydrogen (secondary N) is 3. The Morgan fingerprint density at radius 2 is 1.86 bits per heavy atom. The van der Waals surface area contributed by atoms with Crippen LogP contribution >= 0.6 is 11.3 Å². The highest BCUT2D eigenvalue weighted by Gasteiger charge is 2.24. The van der Waals surface area contributed by atoms with Crippen LogP contribution in [0.3, 0.4) is 0 Å². The first-order valence-electron chi connectivity index (χ1n) is 10.7. The van der Waals surface area contributed by atoms with E-state index in [0.29, 0.717) is 32.7 Å². The molecule has 0 aliphatic rings. The van der Waals surface area contributed by atoms with Crippen LogP contribution in [0.15, 0.2) is 42.6 Å². The van der Waals surface area contributed by atoms with Gasteiger partial charge in [0.05, 0.1) is 41.2 Å². The minimum absolute atomic E-state index is 0.130. The highest BCUT2D eigenvalue weighted by molar-refractivity contribution is 7.15. The first kappa shape index (κ1) is 25.9. The lowest BCUT2D eigenvalue weighted by Gasteiger charge is -2.20. The lowest BCUT2D eigenvalue weighted by molar-refractivity contribution is -0.102. The maximum absolute atomic E-state index is 12.7. The molecule has 0 aliphatic heterocycles. The van der Waals surface area contributed by atoms with Crippen molar-refractivity contribution >= 4 is 48.1 Å². The number of carbonyl (C=O) groups excluding carboxylic acids is 1. The Kier molecular flexibility index (Phi) is 7.59. The zero-order valence-corrected chi connectivity index (χ0v) is 20.4. The summed E-state index contributed by atoms with van der Waals surface area (Å²) in [5.74, 6) is -2.98. The molecule has 0 saturated heterocycles. The average Bonchev–Trinajstić information content (AvgIpc) is 3.34. The van der Waals surface area contributed by atoms with E-state index in [2.05, 4.69) is 36.0 Å². The highest BCUT2D eigenvalue weighted by Crippen LogP contribution is 2.40. The van der Waals surface area contributed by atoms with Gasteiger partial charge in [-0.25, -0.2) is 4.98 Å². The molecule has 6 N–H and O–H groups in total. The molecule has 37 heavy (non-hydrogen) atoms. The summed E-state index contributed by atoms with van der Waals surface area (Å²) in [6, 6.07) is 10.2. The maximum atomic E-state index is 12.7. The molecule has 0 bridgehead atoms. The standard InChI is InChI=1S/C22H21BN8O5S/c1-11-6-7-16(29-28-11)26-17-8-15(18(31-30-17)20(33)27-22(23,34)35)25-14-5-3-4-13(19(14)36-2)21-24-9-12(10-32)37-21/h3-9,32,34-35H,10H2,1-2H3,(H,27,33)(H2,25,26,29,30). The number of hydrogen-bond acceptors (Lipinski definition) is 13. The van der Waals surface area contributed by atoms with Crippen LogP contribution in [-0.4, -0.2) is 67.4 Å². The van der Waals surface area contributed by atoms with Crippen molar-refractivity contribution in [3.63, 3.8) is 0 Å². The summed E-state index contributed by atoms with van der Waals surface area (Å²) < 4.78 is 5.64. The largest absolute Gasteiger partial charge is 0.494 e. The van der Waals surface area contributed by atoms with E-state index in [0.717, 1.165) is 5.69 Å². The van der Waals surface area contributed by atoms with Gasteiger partial charge in [-0.3, -0.25) is 4.79 Å². The number of nitrogens with zero attached hydrogens (tertiary/aromatic N) is 5. The summed E-state index contributed by atoms with van der Waals surface area (Å²) in [5, 5.41) is 52.6. The Labute approximate surface area is 216 Å². The minimum atomic E-state index is -2.97. The third kappa shape index (κ3) is 6.34. The first-order valence-corrected chi connectivity index (χ1v) is 11.5. The number of carbonyl (C=O) groups is 1. The molecule has 0 atom stereocenters. The normalized spacial score (nSPS) is 11.2. The number of aliphatic hydroxyl groups excluding tert-OH is 1. The van der Waals surface area contributed by atoms with Crippen LogP contribution in [-0.2, 0) is 6.61 Å². The predicted octanol–water partition coefficient (Wildman–Crippen LogP) is 1.18. The van der Waals surface area contributed by atoms with Gasteiger partial charge >= 0.3 is 0 Å². The molecule has 1 amide bonds. The molecule has 188 valence electrons. The molecule has 3 aromatic heterocycles. The fraction of sp³-hybridized carbons (Fsp3) is 0.182. The number of ether oxygens (including phenoxy) is 1. The molecule has 1 aromatic carbocycles. The number of thiazole rings is 1. The Hall–Kier alpha value is -4.18. The zero-order chi connectivity index (χ0) is 26.6. The fourth-order valence-electron chi connectivity index (χ4n) is 3.21. The van der Waals surface area contributed by atoms with Crippen LogP contribution in [0.1, 0.15) is 21.1 Å². The van der Waals surface area contributed by atoms with Crippen molar-refractivity contribution < 1.29 is 24.9 Å². The predicted molar refractivity (Wildman–Crippen MR) is 136 cm³/mol. The van der Waals surface area contributed by atoms with E-state index >= 15 is 0 Å². The molecule has 15 heteroatoms. The Morgan fingerprint density at radius 3 is 2.51 bits per heavy atom. The molecule has 0 spiro atoms. The average molecular weight is 520 g/mol. The summed E-state index contributed by atoms with van der Waals surface area (Å²) in [6.45, 7) is 1.65. The number of aromatic nitrogens is 5. The second-order valence-electron chi connectivity index (χ2n) is 7.66. The Morgan fingerprint density at radius 1 is 1.08 bits per heavy atom. The number of aryl methyl sites for hydroxylation is 1. The SMILES string of the molecule is [B]C(O)(O)NC(=O)c1nnc(Nc2ccc(C)nn2)cc1Nc1cccc(-c2ncc(CO)s2)c1OC. The van der Waals surface area contributed by atoms with Crippen LogP contribution in [0, 0.1) is 6.92 Å². The van der Waals surface area contributed by atoms with Crippen molar-refractivity contribution in [2.45, 2.75) is 19.3 Å². The molecule has 0 saturated carbocycles. The van der Waals surface area contributed by atoms with Gasteiger partial charge in [-0.05, 0) is 31.2 Å². The van der Waals surface area contributed by atoms with E-state index in [1.165, 1.54) is 24.5 Å². The zero-order valence-electron chi connectivity index (χ0n) is 19.6. The number of aliphatic hydroxyl groups is 3. The molecule has 2 radical (unpaired) electrons. The molecule has 3 heterocycles. The van der Waals surface area contributed by atoms with Gasteiger partial charge in [0, 0.05) is 12.3 Å². The molecule has 0 unspecified atom stereocenters. The second-order valence-corrected chi connectivity index (χ2v) is 8.77. The fourth-order valence-corrected chi connectivity index (χ4v) is 4.01. The van der Waals surface area contributed by atoms with Gasteiger partial charge < -0.3 is 36.0 Å². The summed E-state index contributed by atoms with van der Waals surface area (Å²) >= 11 is 1.30. The van der Waals surface area contributed by atoms with E-state index in [4.69, 9.17) is 12.6 Å². The van der Waals surface area contributed by atoms with Crippen molar-refractivity contribution in [1.82, 2.24) is 30.7 Å². The van der Waals surface area contributed by atoms with E-state index in [1.54, 1.807) is 43.5 Å². The van der Waals surface area contributed by atoms with Gasteiger partial charge in [-0.2, -0.15) is 5.10 Å². The molecule has 0 fully saturated rings. The summed E-state index contributed by atoms with van der Waals surface area (Å²) in [5.41, 5.74) is 1.65. The number of methoxy groups -OCH3 is 1. The molecule has 4 aromatic rings. The topological polar surface area (TPSA) is 188 Å². The molecule has 13 nitrogen and oxygen atoms in total. The number of amides is 1.